The molecule has 0 N–H and O–H groups in total. The fourth-order valence-corrected chi connectivity index (χ4v) is 5.08. The van der Waals surface area contributed by atoms with Crippen molar-refractivity contribution in [2.24, 2.45) is 0 Å². The molecule has 0 unspecified atom stereocenters. The molecule has 8 heteroatoms. The molecule has 174 valence electrons. The molecule has 0 saturated heterocycles. The predicted molar refractivity (Wildman–Crippen MR) is 127 cm³/mol. The Bertz CT molecular complexity index is 1070. The summed E-state index contributed by atoms with van der Waals surface area (Å²) in [6, 6.07) is 11.1. The lowest BCUT2D eigenvalue weighted by atomic mass is 10.0. The zero-order valence-corrected chi connectivity index (χ0v) is 20.5. The quantitative estimate of drug-likeness (QED) is 0.360. The van der Waals surface area contributed by atoms with Gasteiger partial charge in [0, 0.05) is 44.1 Å². The number of sulfonamides is 1. The minimum Gasteiger partial charge on any atom is -0.492 e. The number of Topliss-reactive ketones (excluding diaryl/α,β-unsaturated/α-hetero) is 1. The van der Waals surface area contributed by atoms with E-state index in [4.69, 9.17) is 16.3 Å². The van der Waals surface area contributed by atoms with Gasteiger partial charge in [0.05, 0.1) is 6.61 Å². The average Bonchev–Trinajstić information content (AvgIpc) is 3.23. The third kappa shape index (κ3) is 5.90. The average molecular weight is 479 g/mol. The number of rotatable bonds is 11. The van der Waals surface area contributed by atoms with E-state index in [0.717, 1.165) is 52.8 Å². The van der Waals surface area contributed by atoms with Crippen molar-refractivity contribution in [3.05, 3.63) is 58.1 Å². The van der Waals surface area contributed by atoms with Gasteiger partial charge in [-0.25, -0.2) is 12.7 Å². The van der Waals surface area contributed by atoms with Gasteiger partial charge in [-0.05, 0) is 62.2 Å². The van der Waals surface area contributed by atoms with Crippen LogP contribution >= 0.6 is 11.6 Å². The van der Waals surface area contributed by atoms with E-state index < -0.39 is 10.0 Å². The Morgan fingerprint density at radius 1 is 1.09 bits per heavy atom. The summed E-state index contributed by atoms with van der Waals surface area (Å²) < 4.78 is 32.1. The first-order valence-electron chi connectivity index (χ1n) is 10.9. The topological polar surface area (TPSA) is 66.9 Å². The van der Waals surface area contributed by atoms with Crippen LogP contribution in [0.5, 0.6) is 5.75 Å². The molecular formula is C24H31ClN2O4S. The zero-order valence-electron chi connectivity index (χ0n) is 18.9. The summed E-state index contributed by atoms with van der Waals surface area (Å²) in [6.07, 6.45) is 3.53. The number of fused-ring (bicyclic) bond motifs is 1. The molecule has 0 amide bonds. The number of ether oxygens (including phenoxy) is 1. The predicted octanol–water partition coefficient (Wildman–Crippen LogP) is 4.05. The molecule has 0 bridgehead atoms. The van der Waals surface area contributed by atoms with E-state index in [0.29, 0.717) is 30.8 Å². The molecule has 1 heterocycles. The SMILES string of the molecule is CN(CCCCC(=O)c1cc2c(c(S(=O)(=O)N(C)C)c1)OCC2)CCc1ccccc1Cl. The van der Waals surface area contributed by atoms with Gasteiger partial charge in [0.15, 0.2) is 5.78 Å². The second-order valence-corrected chi connectivity index (χ2v) is 10.9. The molecule has 0 radical (unpaired) electrons. The van der Waals surface area contributed by atoms with Crippen molar-refractivity contribution in [1.29, 1.82) is 0 Å². The number of halogens is 1. The number of hydrogen-bond donors (Lipinski definition) is 0. The maximum atomic E-state index is 12.8. The number of benzene rings is 2. The first-order valence-corrected chi connectivity index (χ1v) is 12.7. The molecule has 0 atom stereocenters. The summed E-state index contributed by atoms with van der Waals surface area (Å²) in [5.74, 6) is 0.351. The fourth-order valence-electron chi connectivity index (χ4n) is 3.76. The van der Waals surface area contributed by atoms with Gasteiger partial charge in [-0.2, -0.15) is 0 Å². The van der Waals surface area contributed by atoms with Crippen LogP contribution < -0.4 is 4.74 Å². The van der Waals surface area contributed by atoms with Gasteiger partial charge < -0.3 is 9.64 Å². The van der Waals surface area contributed by atoms with Gasteiger partial charge in [-0.15, -0.1) is 0 Å². The van der Waals surface area contributed by atoms with E-state index in [1.165, 1.54) is 20.2 Å². The largest absolute Gasteiger partial charge is 0.492 e. The minimum atomic E-state index is -3.69. The van der Waals surface area contributed by atoms with Crippen LogP contribution in [0.3, 0.4) is 0 Å². The molecule has 1 aliphatic rings. The van der Waals surface area contributed by atoms with Crippen LogP contribution in [0.2, 0.25) is 5.02 Å². The van der Waals surface area contributed by atoms with Gasteiger partial charge in [0.1, 0.15) is 10.6 Å². The Labute approximate surface area is 196 Å². The number of carbonyl (C=O) groups is 1. The van der Waals surface area contributed by atoms with Crippen LogP contribution in [0.4, 0.5) is 0 Å². The van der Waals surface area contributed by atoms with Crippen LogP contribution in [0.15, 0.2) is 41.3 Å². The van der Waals surface area contributed by atoms with Gasteiger partial charge in [-0.1, -0.05) is 29.8 Å². The monoisotopic (exact) mass is 478 g/mol. The Balaban J connectivity index is 1.54. The Hall–Kier alpha value is -1.93. The summed E-state index contributed by atoms with van der Waals surface area (Å²) in [5, 5.41) is 0.793. The van der Waals surface area contributed by atoms with Crippen molar-refractivity contribution < 1.29 is 17.9 Å². The van der Waals surface area contributed by atoms with Gasteiger partial charge in [-0.3, -0.25) is 4.79 Å². The zero-order chi connectivity index (χ0) is 23.3. The molecule has 0 aliphatic carbocycles. The number of hydrogen-bond acceptors (Lipinski definition) is 5. The molecule has 6 nitrogen and oxygen atoms in total. The minimum absolute atomic E-state index is 0.0337. The molecule has 0 spiro atoms. The molecule has 0 fully saturated rings. The summed E-state index contributed by atoms with van der Waals surface area (Å²) in [6.45, 7) is 2.22. The maximum Gasteiger partial charge on any atom is 0.246 e. The lowest BCUT2D eigenvalue weighted by Gasteiger charge is -2.17. The van der Waals surface area contributed by atoms with Crippen molar-refractivity contribution in [3.8, 4) is 5.75 Å². The highest BCUT2D eigenvalue weighted by molar-refractivity contribution is 7.89. The molecule has 32 heavy (non-hydrogen) atoms. The van der Waals surface area contributed by atoms with E-state index in [9.17, 15) is 13.2 Å². The molecule has 2 aromatic carbocycles. The van der Waals surface area contributed by atoms with Crippen LogP contribution in [0.25, 0.3) is 0 Å². The molecule has 1 aliphatic heterocycles. The summed E-state index contributed by atoms with van der Waals surface area (Å²) in [5.41, 5.74) is 2.37. The van der Waals surface area contributed by atoms with Crippen LogP contribution in [-0.2, 0) is 22.9 Å². The second kappa shape index (κ2) is 10.8. The highest BCUT2D eigenvalue weighted by atomic mass is 35.5. The van der Waals surface area contributed by atoms with Gasteiger partial charge in [0.2, 0.25) is 10.0 Å². The number of carbonyl (C=O) groups excluding carboxylic acids is 1. The summed E-state index contributed by atoms with van der Waals surface area (Å²) in [4.78, 5) is 15.1. The Morgan fingerprint density at radius 2 is 1.84 bits per heavy atom. The molecule has 3 rings (SSSR count). The highest BCUT2D eigenvalue weighted by Crippen LogP contribution is 2.35. The lowest BCUT2D eigenvalue weighted by Crippen LogP contribution is -2.23. The van der Waals surface area contributed by atoms with Crippen molar-refractivity contribution in [3.63, 3.8) is 0 Å². The van der Waals surface area contributed by atoms with E-state index in [1.807, 2.05) is 24.3 Å². The third-order valence-electron chi connectivity index (χ3n) is 5.74. The highest BCUT2D eigenvalue weighted by Gasteiger charge is 2.29. The normalized spacial score (nSPS) is 13.4. The van der Waals surface area contributed by atoms with Crippen LogP contribution in [0, 0.1) is 0 Å². The lowest BCUT2D eigenvalue weighted by molar-refractivity contribution is 0.0978. The fraction of sp³-hybridized carbons (Fsp3) is 0.458. The maximum absolute atomic E-state index is 12.8. The van der Waals surface area contributed by atoms with Crippen LogP contribution in [-0.4, -0.2) is 64.2 Å². The standard InChI is InChI=1S/C24H31ClN2O4S/c1-26(2)32(29,30)23-17-20(16-19-12-15-31-24(19)23)22(28)10-6-7-13-27(3)14-11-18-8-4-5-9-21(18)25/h4-5,8-9,16-17H,6-7,10-15H2,1-3H3. The molecule has 0 saturated carbocycles. The van der Waals surface area contributed by atoms with Crippen molar-refractivity contribution >= 4 is 27.4 Å². The molecule has 2 aromatic rings. The molecular weight excluding hydrogens is 448 g/mol. The van der Waals surface area contributed by atoms with E-state index in [-0.39, 0.29) is 10.7 Å². The van der Waals surface area contributed by atoms with E-state index in [1.54, 1.807) is 6.07 Å². The first-order chi connectivity index (χ1) is 15.2. The van der Waals surface area contributed by atoms with Gasteiger partial charge in [0.25, 0.3) is 0 Å². The second-order valence-electron chi connectivity index (χ2n) is 8.37. The number of unbranched alkanes of at least 4 members (excludes halogenated alkanes) is 1. The van der Waals surface area contributed by atoms with E-state index >= 15 is 0 Å². The van der Waals surface area contributed by atoms with Crippen molar-refractivity contribution in [2.45, 2.75) is 37.0 Å². The van der Waals surface area contributed by atoms with E-state index in [2.05, 4.69) is 11.9 Å². The number of nitrogens with zero attached hydrogens (tertiary/aromatic N) is 2. The summed E-state index contributed by atoms with van der Waals surface area (Å²) in [7, 11) is 1.34. The smallest absolute Gasteiger partial charge is 0.246 e. The third-order valence-corrected chi connectivity index (χ3v) is 7.93. The summed E-state index contributed by atoms with van der Waals surface area (Å²) >= 11 is 6.22. The Kier molecular flexibility index (Phi) is 8.33. The first kappa shape index (κ1) is 24.7. The van der Waals surface area contributed by atoms with Crippen molar-refractivity contribution in [2.75, 3.05) is 40.8 Å². The van der Waals surface area contributed by atoms with Crippen LogP contribution in [0.1, 0.15) is 40.7 Å². The number of likely N-dealkylation sites (N-methyl/N-ethyl adjacent to an activating group) is 1. The Morgan fingerprint density at radius 3 is 2.56 bits per heavy atom. The van der Waals surface area contributed by atoms with Gasteiger partial charge >= 0.3 is 0 Å². The number of ketones is 1. The molecule has 0 aromatic heterocycles. The van der Waals surface area contributed by atoms with Crippen molar-refractivity contribution in [1.82, 2.24) is 9.21 Å².